The summed E-state index contributed by atoms with van der Waals surface area (Å²) in [7, 11) is 0. The molecule has 5 nitrogen and oxygen atoms in total. The highest BCUT2D eigenvalue weighted by molar-refractivity contribution is 5.04. The SMILES string of the molecule is CCN(CC)CCn1cncc1C1CNCCO1. The molecule has 1 aliphatic rings. The first-order chi connectivity index (χ1) is 8.85. The maximum Gasteiger partial charge on any atom is 0.111 e. The highest BCUT2D eigenvalue weighted by atomic mass is 16.5. The summed E-state index contributed by atoms with van der Waals surface area (Å²) in [4.78, 5) is 6.68. The summed E-state index contributed by atoms with van der Waals surface area (Å²) in [5.74, 6) is 0. The van der Waals surface area contributed by atoms with Crippen LogP contribution < -0.4 is 5.32 Å². The molecule has 1 aliphatic heterocycles. The Balaban J connectivity index is 1.94. The first kappa shape index (κ1) is 13.5. The van der Waals surface area contributed by atoms with Gasteiger partial charge in [-0.1, -0.05) is 13.8 Å². The van der Waals surface area contributed by atoms with Gasteiger partial charge in [-0.3, -0.25) is 0 Å². The largest absolute Gasteiger partial charge is 0.369 e. The molecule has 1 unspecified atom stereocenters. The zero-order valence-corrected chi connectivity index (χ0v) is 11.4. The van der Waals surface area contributed by atoms with Gasteiger partial charge in [-0.15, -0.1) is 0 Å². The number of aromatic nitrogens is 2. The second-order valence-electron chi connectivity index (χ2n) is 4.60. The normalized spacial score (nSPS) is 20.5. The van der Waals surface area contributed by atoms with Crippen LogP contribution in [0.1, 0.15) is 25.6 Å². The number of nitrogens with zero attached hydrogens (tertiary/aromatic N) is 3. The van der Waals surface area contributed by atoms with Crippen molar-refractivity contribution in [2.75, 3.05) is 39.3 Å². The molecule has 2 heterocycles. The van der Waals surface area contributed by atoms with Crippen LogP contribution in [0.5, 0.6) is 0 Å². The second kappa shape index (κ2) is 6.87. The van der Waals surface area contributed by atoms with Crippen molar-refractivity contribution < 1.29 is 4.74 Å². The Kier molecular flexibility index (Phi) is 5.16. The number of rotatable bonds is 6. The van der Waals surface area contributed by atoms with Crippen LogP contribution in [0.15, 0.2) is 12.5 Å². The molecule has 1 atom stereocenters. The van der Waals surface area contributed by atoms with Gasteiger partial charge in [-0.25, -0.2) is 4.98 Å². The van der Waals surface area contributed by atoms with Crippen LogP contribution in [-0.4, -0.2) is 53.8 Å². The van der Waals surface area contributed by atoms with Crippen molar-refractivity contribution in [3.8, 4) is 0 Å². The van der Waals surface area contributed by atoms with E-state index in [-0.39, 0.29) is 6.10 Å². The number of hydrogen-bond donors (Lipinski definition) is 1. The number of hydrogen-bond acceptors (Lipinski definition) is 4. The van der Waals surface area contributed by atoms with Gasteiger partial charge >= 0.3 is 0 Å². The van der Waals surface area contributed by atoms with Crippen LogP contribution in [0.25, 0.3) is 0 Å². The molecule has 0 radical (unpaired) electrons. The number of ether oxygens (including phenoxy) is 1. The fourth-order valence-corrected chi connectivity index (χ4v) is 2.33. The van der Waals surface area contributed by atoms with Gasteiger partial charge in [0.05, 0.1) is 24.8 Å². The molecule has 0 saturated carbocycles. The molecule has 0 aliphatic carbocycles. The van der Waals surface area contributed by atoms with Gasteiger partial charge < -0.3 is 19.5 Å². The Hall–Kier alpha value is -0.910. The summed E-state index contributed by atoms with van der Waals surface area (Å²) in [6.45, 7) is 11.3. The van der Waals surface area contributed by atoms with E-state index in [4.69, 9.17) is 4.74 Å². The lowest BCUT2D eigenvalue weighted by molar-refractivity contribution is 0.0225. The Morgan fingerprint density at radius 3 is 3.00 bits per heavy atom. The van der Waals surface area contributed by atoms with Gasteiger partial charge in [-0.2, -0.15) is 0 Å². The van der Waals surface area contributed by atoms with E-state index >= 15 is 0 Å². The quantitative estimate of drug-likeness (QED) is 0.816. The van der Waals surface area contributed by atoms with Crippen molar-refractivity contribution in [2.45, 2.75) is 26.5 Å². The van der Waals surface area contributed by atoms with E-state index in [1.807, 2.05) is 12.5 Å². The van der Waals surface area contributed by atoms with E-state index in [2.05, 4.69) is 33.6 Å². The average Bonchev–Trinajstić information content (AvgIpc) is 2.89. The number of likely N-dealkylation sites (N-methyl/N-ethyl adjacent to an activating group) is 1. The van der Waals surface area contributed by atoms with Crippen LogP contribution in [0, 0.1) is 0 Å². The molecule has 102 valence electrons. The van der Waals surface area contributed by atoms with Crippen LogP contribution in [0.2, 0.25) is 0 Å². The smallest absolute Gasteiger partial charge is 0.111 e. The molecule has 5 heteroatoms. The van der Waals surface area contributed by atoms with Crippen molar-refractivity contribution in [1.29, 1.82) is 0 Å². The molecule has 2 rings (SSSR count). The standard InChI is InChI=1S/C13H24N4O/c1-3-16(4-2)6-7-17-11-15-9-12(17)13-10-14-5-8-18-13/h9,11,13-14H,3-8,10H2,1-2H3. The van der Waals surface area contributed by atoms with E-state index in [0.717, 1.165) is 45.9 Å². The van der Waals surface area contributed by atoms with Crippen molar-refractivity contribution >= 4 is 0 Å². The fraction of sp³-hybridized carbons (Fsp3) is 0.769. The molecular formula is C13H24N4O. The van der Waals surface area contributed by atoms with E-state index in [9.17, 15) is 0 Å². The van der Waals surface area contributed by atoms with Crippen LogP contribution in [0.4, 0.5) is 0 Å². The molecule has 1 N–H and O–H groups in total. The molecule has 0 spiro atoms. The van der Waals surface area contributed by atoms with Gasteiger partial charge in [0.1, 0.15) is 6.10 Å². The molecular weight excluding hydrogens is 228 g/mol. The van der Waals surface area contributed by atoms with Crippen LogP contribution >= 0.6 is 0 Å². The third kappa shape index (κ3) is 3.31. The predicted molar refractivity (Wildman–Crippen MR) is 71.6 cm³/mol. The van der Waals surface area contributed by atoms with Crippen molar-refractivity contribution in [1.82, 2.24) is 19.8 Å². The first-order valence-corrected chi connectivity index (χ1v) is 6.89. The van der Waals surface area contributed by atoms with Gasteiger partial charge in [0.15, 0.2) is 0 Å². The molecule has 1 fully saturated rings. The zero-order chi connectivity index (χ0) is 12.8. The Bertz CT molecular complexity index is 343. The molecule has 1 saturated heterocycles. The summed E-state index contributed by atoms with van der Waals surface area (Å²) >= 11 is 0. The van der Waals surface area contributed by atoms with Gasteiger partial charge in [0.2, 0.25) is 0 Å². The minimum absolute atomic E-state index is 0.151. The third-order valence-electron chi connectivity index (χ3n) is 3.55. The van der Waals surface area contributed by atoms with Crippen molar-refractivity contribution in [2.24, 2.45) is 0 Å². The Labute approximate surface area is 109 Å². The number of morpholine rings is 1. The van der Waals surface area contributed by atoms with E-state index < -0.39 is 0 Å². The summed E-state index contributed by atoms with van der Waals surface area (Å²) in [5.41, 5.74) is 1.19. The van der Waals surface area contributed by atoms with Gasteiger partial charge in [-0.05, 0) is 13.1 Å². The lowest BCUT2D eigenvalue weighted by atomic mass is 10.2. The third-order valence-corrected chi connectivity index (χ3v) is 3.55. The monoisotopic (exact) mass is 252 g/mol. The number of nitrogens with one attached hydrogen (secondary N) is 1. The predicted octanol–water partition coefficient (Wildman–Crippen LogP) is 0.886. The summed E-state index contributed by atoms with van der Waals surface area (Å²) < 4.78 is 8.00. The molecule has 0 aromatic carbocycles. The fourth-order valence-electron chi connectivity index (χ4n) is 2.33. The van der Waals surface area contributed by atoms with Crippen LogP contribution in [0.3, 0.4) is 0 Å². The lowest BCUT2D eigenvalue weighted by Gasteiger charge is -2.25. The molecule has 0 bridgehead atoms. The van der Waals surface area contributed by atoms with Gasteiger partial charge in [0.25, 0.3) is 0 Å². The minimum Gasteiger partial charge on any atom is -0.369 e. The molecule has 1 aromatic rings. The lowest BCUT2D eigenvalue weighted by Crippen LogP contribution is -2.35. The van der Waals surface area contributed by atoms with Crippen LogP contribution in [-0.2, 0) is 11.3 Å². The average molecular weight is 252 g/mol. The maximum absolute atomic E-state index is 5.79. The summed E-state index contributed by atoms with van der Waals surface area (Å²) in [6.07, 6.45) is 3.99. The molecule has 18 heavy (non-hydrogen) atoms. The Morgan fingerprint density at radius 2 is 2.33 bits per heavy atom. The molecule has 1 aromatic heterocycles. The highest BCUT2D eigenvalue weighted by Crippen LogP contribution is 2.18. The summed E-state index contributed by atoms with van der Waals surface area (Å²) in [6, 6.07) is 0. The molecule has 0 amide bonds. The topological polar surface area (TPSA) is 42.3 Å². The van der Waals surface area contributed by atoms with E-state index in [1.54, 1.807) is 0 Å². The van der Waals surface area contributed by atoms with Crippen molar-refractivity contribution in [3.05, 3.63) is 18.2 Å². The van der Waals surface area contributed by atoms with E-state index in [1.165, 1.54) is 5.69 Å². The van der Waals surface area contributed by atoms with Crippen molar-refractivity contribution in [3.63, 3.8) is 0 Å². The second-order valence-corrected chi connectivity index (χ2v) is 4.60. The highest BCUT2D eigenvalue weighted by Gasteiger charge is 2.19. The maximum atomic E-state index is 5.79. The Morgan fingerprint density at radius 1 is 1.50 bits per heavy atom. The minimum atomic E-state index is 0.151. The van der Waals surface area contributed by atoms with Gasteiger partial charge in [0, 0.05) is 26.2 Å². The van der Waals surface area contributed by atoms with E-state index in [0.29, 0.717) is 0 Å². The zero-order valence-electron chi connectivity index (χ0n) is 11.4. The number of imidazole rings is 1. The summed E-state index contributed by atoms with van der Waals surface area (Å²) in [5, 5.41) is 3.36. The first-order valence-electron chi connectivity index (χ1n) is 6.89.